The summed E-state index contributed by atoms with van der Waals surface area (Å²) >= 11 is 1.46. The first kappa shape index (κ1) is 13.9. The molecule has 5 heteroatoms. The van der Waals surface area contributed by atoms with Crippen molar-refractivity contribution in [3.05, 3.63) is 58.5 Å². The van der Waals surface area contributed by atoms with Crippen LogP contribution in [0, 0.1) is 0 Å². The van der Waals surface area contributed by atoms with Gasteiger partial charge in [0.2, 0.25) is 0 Å². The molecule has 0 radical (unpaired) electrons. The number of amides is 1. The predicted molar refractivity (Wildman–Crippen MR) is 82.4 cm³/mol. The first-order valence-electron chi connectivity index (χ1n) is 6.59. The lowest BCUT2D eigenvalue weighted by atomic mass is 10.1. The third-order valence-corrected chi connectivity index (χ3v) is 4.42. The van der Waals surface area contributed by atoms with Gasteiger partial charge in [-0.05, 0) is 30.5 Å². The predicted octanol–water partition coefficient (Wildman–Crippen LogP) is 3.13. The van der Waals surface area contributed by atoms with Crippen LogP contribution in [-0.2, 0) is 5.60 Å². The monoisotopic (exact) mass is 301 g/mol. The third kappa shape index (κ3) is 2.84. The van der Waals surface area contributed by atoms with E-state index in [0.29, 0.717) is 5.58 Å². The van der Waals surface area contributed by atoms with Crippen molar-refractivity contribution >= 4 is 28.2 Å². The zero-order valence-electron chi connectivity index (χ0n) is 11.5. The van der Waals surface area contributed by atoms with E-state index in [1.165, 1.54) is 11.3 Å². The molecule has 1 unspecified atom stereocenters. The lowest BCUT2D eigenvalue weighted by Gasteiger charge is -2.21. The van der Waals surface area contributed by atoms with Gasteiger partial charge in [0.05, 0.1) is 6.54 Å². The van der Waals surface area contributed by atoms with E-state index in [1.807, 2.05) is 41.8 Å². The fourth-order valence-electron chi connectivity index (χ4n) is 2.11. The molecule has 2 aromatic heterocycles. The first-order chi connectivity index (χ1) is 10.1. The lowest BCUT2D eigenvalue weighted by molar-refractivity contribution is 0.0549. The van der Waals surface area contributed by atoms with E-state index in [9.17, 15) is 9.90 Å². The Morgan fingerprint density at radius 2 is 2.14 bits per heavy atom. The number of rotatable bonds is 4. The zero-order chi connectivity index (χ0) is 14.9. The molecule has 4 nitrogen and oxygen atoms in total. The van der Waals surface area contributed by atoms with Crippen molar-refractivity contribution in [3.8, 4) is 0 Å². The van der Waals surface area contributed by atoms with Gasteiger partial charge in [0.25, 0.3) is 5.91 Å². The van der Waals surface area contributed by atoms with Crippen molar-refractivity contribution in [1.29, 1.82) is 0 Å². The van der Waals surface area contributed by atoms with Gasteiger partial charge in [-0.3, -0.25) is 4.79 Å². The number of thiophene rings is 1. The average molecular weight is 301 g/mol. The Labute approximate surface area is 126 Å². The largest absolute Gasteiger partial charge is 0.451 e. The number of hydrogen-bond donors (Lipinski definition) is 2. The van der Waals surface area contributed by atoms with Crippen LogP contribution in [0.3, 0.4) is 0 Å². The molecule has 0 spiro atoms. The van der Waals surface area contributed by atoms with Crippen molar-refractivity contribution in [2.75, 3.05) is 6.54 Å². The topological polar surface area (TPSA) is 62.5 Å². The fraction of sp³-hybridized carbons (Fsp3) is 0.188. The molecular weight excluding hydrogens is 286 g/mol. The van der Waals surface area contributed by atoms with E-state index in [1.54, 1.807) is 13.0 Å². The highest BCUT2D eigenvalue weighted by molar-refractivity contribution is 7.10. The molecule has 0 aliphatic rings. The molecular formula is C16H15NO3S. The van der Waals surface area contributed by atoms with Crippen molar-refractivity contribution in [3.63, 3.8) is 0 Å². The van der Waals surface area contributed by atoms with Gasteiger partial charge >= 0.3 is 0 Å². The zero-order valence-corrected chi connectivity index (χ0v) is 12.3. The SMILES string of the molecule is CC(O)(CNC(=O)c1cc2ccccc2o1)c1cccs1. The molecule has 1 atom stereocenters. The number of fused-ring (bicyclic) bond motifs is 1. The lowest BCUT2D eigenvalue weighted by Crippen LogP contribution is -2.37. The number of carbonyl (C=O) groups excluding carboxylic acids is 1. The van der Waals surface area contributed by atoms with Crippen LogP contribution >= 0.6 is 11.3 Å². The highest BCUT2D eigenvalue weighted by Crippen LogP contribution is 2.24. The molecule has 2 N–H and O–H groups in total. The molecule has 0 aliphatic heterocycles. The van der Waals surface area contributed by atoms with Gasteiger partial charge in [-0.15, -0.1) is 11.3 Å². The number of para-hydroxylation sites is 1. The quantitative estimate of drug-likeness (QED) is 0.778. The van der Waals surface area contributed by atoms with Crippen LogP contribution < -0.4 is 5.32 Å². The van der Waals surface area contributed by atoms with E-state index in [0.717, 1.165) is 10.3 Å². The number of aliphatic hydroxyl groups is 1. The molecule has 0 bridgehead atoms. The maximum absolute atomic E-state index is 12.1. The molecule has 0 saturated carbocycles. The Kier molecular flexibility index (Phi) is 3.53. The molecule has 2 heterocycles. The van der Waals surface area contributed by atoms with Crippen molar-refractivity contribution in [2.24, 2.45) is 0 Å². The summed E-state index contributed by atoms with van der Waals surface area (Å²) < 4.78 is 5.49. The smallest absolute Gasteiger partial charge is 0.287 e. The van der Waals surface area contributed by atoms with E-state index in [4.69, 9.17) is 4.42 Å². The minimum Gasteiger partial charge on any atom is -0.451 e. The summed E-state index contributed by atoms with van der Waals surface area (Å²) in [6.07, 6.45) is 0. The third-order valence-electron chi connectivity index (χ3n) is 3.29. The van der Waals surface area contributed by atoms with Gasteiger partial charge in [-0.1, -0.05) is 24.3 Å². The standard InChI is InChI=1S/C16H15NO3S/c1-16(19,14-7-4-8-21-14)10-17-15(18)13-9-11-5-2-3-6-12(11)20-13/h2-9,19H,10H2,1H3,(H,17,18). The number of nitrogens with one attached hydrogen (secondary N) is 1. The molecule has 1 amide bonds. The number of hydrogen-bond acceptors (Lipinski definition) is 4. The minimum atomic E-state index is -1.09. The molecule has 1 aromatic carbocycles. The Balaban J connectivity index is 1.72. The molecule has 0 aliphatic carbocycles. The Bertz CT molecular complexity index is 726. The summed E-state index contributed by atoms with van der Waals surface area (Å²) in [5, 5.41) is 15.9. The number of benzene rings is 1. The Morgan fingerprint density at radius 3 is 2.86 bits per heavy atom. The van der Waals surface area contributed by atoms with Crippen LogP contribution in [0.4, 0.5) is 0 Å². The molecule has 3 rings (SSSR count). The summed E-state index contributed by atoms with van der Waals surface area (Å²) in [4.78, 5) is 12.9. The average Bonchev–Trinajstić information content (AvgIpc) is 3.13. The summed E-state index contributed by atoms with van der Waals surface area (Å²) in [5.74, 6) is -0.0822. The van der Waals surface area contributed by atoms with Crippen LogP contribution in [0.1, 0.15) is 22.4 Å². The van der Waals surface area contributed by atoms with Gasteiger partial charge in [0, 0.05) is 10.3 Å². The Hall–Kier alpha value is -2.11. The number of carbonyl (C=O) groups is 1. The number of furan rings is 1. The van der Waals surface area contributed by atoms with Crippen LogP contribution in [0.5, 0.6) is 0 Å². The molecule has 3 aromatic rings. The van der Waals surface area contributed by atoms with Crippen LogP contribution in [-0.4, -0.2) is 17.6 Å². The first-order valence-corrected chi connectivity index (χ1v) is 7.47. The summed E-state index contributed by atoms with van der Waals surface area (Å²) in [6, 6.07) is 12.9. The van der Waals surface area contributed by atoms with Gasteiger partial charge in [-0.2, -0.15) is 0 Å². The second-order valence-electron chi connectivity index (χ2n) is 5.08. The van der Waals surface area contributed by atoms with Crippen molar-refractivity contribution < 1.29 is 14.3 Å². The van der Waals surface area contributed by atoms with Gasteiger partial charge in [-0.25, -0.2) is 0 Å². The Morgan fingerprint density at radius 1 is 1.33 bits per heavy atom. The minimum absolute atomic E-state index is 0.128. The van der Waals surface area contributed by atoms with Crippen molar-refractivity contribution in [1.82, 2.24) is 5.32 Å². The molecule has 0 saturated heterocycles. The highest BCUT2D eigenvalue weighted by atomic mass is 32.1. The molecule has 0 fully saturated rings. The van der Waals surface area contributed by atoms with E-state index in [-0.39, 0.29) is 18.2 Å². The van der Waals surface area contributed by atoms with Crippen molar-refractivity contribution in [2.45, 2.75) is 12.5 Å². The van der Waals surface area contributed by atoms with E-state index >= 15 is 0 Å². The highest BCUT2D eigenvalue weighted by Gasteiger charge is 2.25. The van der Waals surface area contributed by atoms with E-state index in [2.05, 4.69) is 5.32 Å². The maximum Gasteiger partial charge on any atom is 0.287 e. The van der Waals surface area contributed by atoms with Gasteiger partial charge in [0.15, 0.2) is 5.76 Å². The van der Waals surface area contributed by atoms with Crippen LogP contribution in [0.25, 0.3) is 11.0 Å². The van der Waals surface area contributed by atoms with Gasteiger partial charge < -0.3 is 14.8 Å². The second-order valence-corrected chi connectivity index (χ2v) is 6.03. The summed E-state index contributed by atoms with van der Waals surface area (Å²) in [7, 11) is 0. The van der Waals surface area contributed by atoms with E-state index < -0.39 is 5.60 Å². The van der Waals surface area contributed by atoms with Gasteiger partial charge in [0.1, 0.15) is 11.2 Å². The molecule has 21 heavy (non-hydrogen) atoms. The van der Waals surface area contributed by atoms with Crippen LogP contribution in [0.2, 0.25) is 0 Å². The molecule has 108 valence electrons. The maximum atomic E-state index is 12.1. The fourth-order valence-corrected chi connectivity index (χ4v) is 2.89. The van der Waals surface area contributed by atoms with Crippen LogP contribution in [0.15, 0.2) is 52.3 Å². The summed E-state index contributed by atoms with van der Waals surface area (Å²) in [5.41, 5.74) is -0.414. The normalized spacial score (nSPS) is 14.0. The second kappa shape index (κ2) is 5.35. The summed E-state index contributed by atoms with van der Waals surface area (Å²) in [6.45, 7) is 1.81.